The van der Waals surface area contributed by atoms with Crippen molar-refractivity contribution < 1.29 is 37.0 Å². The number of hydrogen-bond donors (Lipinski definition) is 2. The molecule has 1 aliphatic heterocycles. The number of sulfonamides is 1. The van der Waals surface area contributed by atoms with E-state index in [9.17, 15) is 27.5 Å². The Morgan fingerprint density at radius 3 is 2.47 bits per heavy atom. The Bertz CT molecular complexity index is 1610. The van der Waals surface area contributed by atoms with Gasteiger partial charge in [0.15, 0.2) is 0 Å². The molecule has 0 bridgehead atoms. The topological polar surface area (TPSA) is 125 Å². The van der Waals surface area contributed by atoms with E-state index in [1.165, 1.54) is 17.0 Å². The molecule has 10 nitrogen and oxygen atoms in total. The van der Waals surface area contributed by atoms with Crippen molar-refractivity contribution in [1.29, 1.82) is 0 Å². The van der Waals surface area contributed by atoms with Crippen molar-refractivity contribution >= 4 is 27.5 Å². The molecule has 0 fully saturated rings. The number of likely N-dealkylation sites (N-methyl/N-ethyl adjacent to an activating group) is 1. The summed E-state index contributed by atoms with van der Waals surface area (Å²) in [5.74, 6) is -1.15. The Morgan fingerprint density at radius 2 is 1.79 bits per heavy atom. The number of halogens is 1. The number of rotatable bonds is 8. The Labute approximate surface area is 276 Å². The van der Waals surface area contributed by atoms with Crippen LogP contribution in [0.1, 0.15) is 60.7 Å². The molecule has 0 radical (unpaired) electrons. The number of carbonyl (C=O) groups is 2. The Kier molecular flexibility index (Phi) is 12.4. The zero-order valence-corrected chi connectivity index (χ0v) is 28.1. The van der Waals surface area contributed by atoms with Crippen molar-refractivity contribution in [3.63, 3.8) is 0 Å². The molecule has 1 heterocycles. The molecule has 12 heteroatoms. The van der Waals surface area contributed by atoms with Crippen molar-refractivity contribution in [3.05, 3.63) is 89.7 Å². The van der Waals surface area contributed by atoms with Gasteiger partial charge in [-0.3, -0.25) is 14.3 Å². The summed E-state index contributed by atoms with van der Waals surface area (Å²) in [6.45, 7) is 6.17. The maximum Gasteiger partial charge on any atom is 0.261 e. The molecule has 254 valence electrons. The SMILES string of the molecule is C[C@@H]1CCCCO[C@@H](CN(C)C(=O)c2ccccc2)[C@@H](C)CN([C@@H](C)CO)C(=O)c2cc(NS(=O)(=O)c3ccc(F)cc3)ccc2O1. The molecule has 0 spiro atoms. The molecule has 0 saturated carbocycles. The van der Waals surface area contributed by atoms with Crippen molar-refractivity contribution in [2.45, 2.75) is 63.2 Å². The second-order valence-electron chi connectivity index (χ2n) is 12.1. The summed E-state index contributed by atoms with van der Waals surface area (Å²) >= 11 is 0. The predicted molar refractivity (Wildman–Crippen MR) is 177 cm³/mol. The average Bonchev–Trinajstić information content (AvgIpc) is 3.06. The van der Waals surface area contributed by atoms with Crippen LogP contribution in [-0.4, -0.2) is 86.7 Å². The van der Waals surface area contributed by atoms with Gasteiger partial charge >= 0.3 is 0 Å². The van der Waals surface area contributed by atoms with E-state index in [1.807, 2.05) is 32.0 Å². The van der Waals surface area contributed by atoms with E-state index in [2.05, 4.69) is 4.72 Å². The van der Waals surface area contributed by atoms with Gasteiger partial charge in [0.1, 0.15) is 11.6 Å². The van der Waals surface area contributed by atoms with Gasteiger partial charge in [-0.1, -0.05) is 25.1 Å². The van der Waals surface area contributed by atoms with E-state index in [4.69, 9.17) is 9.47 Å². The summed E-state index contributed by atoms with van der Waals surface area (Å²) < 4.78 is 54.6. The first-order chi connectivity index (χ1) is 22.4. The smallest absolute Gasteiger partial charge is 0.261 e. The van der Waals surface area contributed by atoms with Gasteiger partial charge in [-0.15, -0.1) is 0 Å². The fourth-order valence-corrected chi connectivity index (χ4v) is 6.48. The van der Waals surface area contributed by atoms with Crippen LogP contribution in [0.5, 0.6) is 5.75 Å². The first-order valence-electron chi connectivity index (χ1n) is 15.8. The molecule has 0 aromatic heterocycles. The van der Waals surface area contributed by atoms with Crippen molar-refractivity contribution in [2.75, 3.05) is 38.1 Å². The molecule has 0 unspecified atom stereocenters. The standard InChI is InChI=1S/C35H44FN3O7S/c1-24-21-39(25(2)23-40)35(42)31-20-29(37-47(43,44)30-16-13-28(36)14-17-30)15-18-32(31)46-26(3)10-8-9-19-45-33(24)22-38(4)34(41)27-11-6-5-7-12-27/h5-7,11-18,20,24-26,33,37,40H,8-10,19,21-23H2,1-4H3/t24-,25-,26+,33-/m0/s1. The number of aliphatic hydroxyl groups is 1. The molecule has 47 heavy (non-hydrogen) atoms. The summed E-state index contributed by atoms with van der Waals surface area (Å²) in [7, 11) is -2.37. The highest BCUT2D eigenvalue weighted by Gasteiger charge is 2.31. The van der Waals surface area contributed by atoms with E-state index in [0.717, 1.165) is 37.1 Å². The third-order valence-electron chi connectivity index (χ3n) is 8.25. The number of nitrogens with one attached hydrogen (secondary N) is 1. The summed E-state index contributed by atoms with van der Waals surface area (Å²) in [6.07, 6.45) is 1.56. The van der Waals surface area contributed by atoms with Crippen LogP contribution >= 0.6 is 0 Å². The van der Waals surface area contributed by atoms with Crippen LogP contribution in [0.4, 0.5) is 10.1 Å². The number of anilines is 1. The fourth-order valence-electron chi connectivity index (χ4n) is 5.43. The van der Waals surface area contributed by atoms with Crippen LogP contribution < -0.4 is 9.46 Å². The predicted octanol–water partition coefficient (Wildman–Crippen LogP) is 5.19. The Morgan fingerprint density at radius 1 is 1.09 bits per heavy atom. The van der Waals surface area contributed by atoms with Gasteiger partial charge in [0.05, 0.1) is 35.3 Å². The highest BCUT2D eigenvalue weighted by Crippen LogP contribution is 2.29. The van der Waals surface area contributed by atoms with Gasteiger partial charge in [-0.05, 0) is 87.7 Å². The molecule has 0 saturated heterocycles. The molecule has 2 amide bonds. The fraction of sp³-hybridized carbons (Fsp3) is 0.429. The maximum atomic E-state index is 14.3. The van der Waals surface area contributed by atoms with Crippen molar-refractivity contribution in [2.24, 2.45) is 5.92 Å². The number of fused-ring (bicyclic) bond motifs is 1. The zero-order chi connectivity index (χ0) is 34.1. The third-order valence-corrected chi connectivity index (χ3v) is 9.65. The molecule has 3 aromatic rings. The third kappa shape index (κ3) is 9.52. The Balaban J connectivity index is 1.66. The van der Waals surface area contributed by atoms with Gasteiger partial charge in [-0.25, -0.2) is 12.8 Å². The largest absolute Gasteiger partial charge is 0.490 e. The normalized spacial score (nSPS) is 20.3. The summed E-state index contributed by atoms with van der Waals surface area (Å²) in [6, 6.07) is 17.3. The number of amides is 2. The first kappa shape index (κ1) is 35.8. The van der Waals surface area contributed by atoms with Crippen LogP contribution in [0.2, 0.25) is 0 Å². The molecular weight excluding hydrogens is 625 g/mol. The first-order valence-corrected chi connectivity index (χ1v) is 17.3. The summed E-state index contributed by atoms with van der Waals surface area (Å²) in [5.41, 5.74) is 0.797. The lowest BCUT2D eigenvalue weighted by molar-refractivity contribution is -0.0149. The lowest BCUT2D eigenvalue weighted by Gasteiger charge is -2.36. The molecule has 2 N–H and O–H groups in total. The lowest BCUT2D eigenvalue weighted by atomic mass is 10.0. The lowest BCUT2D eigenvalue weighted by Crippen LogP contribution is -2.48. The van der Waals surface area contributed by atoms with Gasteiger partial charge in [-0.2, -0.15) is 0 Å². The van der Waals surface area contributed by atoms with E-state index in [0.29, 0.717) is 18.6 Å². The number of hydrogen-bond acceptors (Lipinski definition) is 7. The summed E-state index contributed by atoms with van der Waals surface area (Å²) in [5, 5.41) is 10.2. The van der Waals surface area contributed by atoms with Crippen LogP contribution in [0.15, 0.2) is 77.7 Å². The number of nitrogens with zero attached hydrogens (tertiary/aromatic N) is 2. The molecule has 4 rings (SSSR count). The van der Waals surface area contributed by atoms with Crippen molar-refractivity contribution in [3.8, 4) is 5.75 Å². The Hall–Kier alpha value is -4.00. The highest BCUT2D eigenvalue weighted by atomic mass is 32.2. The van der Waals surface area contributed by atoms with Gasteiger partial charge in [0.2, 0.25) is 0 Å². The molecule has 0 aliphatic carbocycles. The molecular formula is C35H44FN3O7S. The maximum absolute atomic E-state index is 14.3. The second kappa shape index (κ2) is 16.2. The number of ether oxygens (including phenoxy) is 2. The molecule has 4 atom stereocenters. The summed E-state index contributed by atoms with van der Waals surface area (Å²) in [4.78, 5) is 30.5. The number of aliphatic hydroxyl groups excluding tert-OH is 1. The molecule has 1 aliphatic rings. The monoisotopic (exact) mass is 669 g/mol. The van der Waals surface area contributed by atoms with E-state index >= 15 is 0 Å². The minimum Gasteiger partial charge on any atom is -0.490 e. The van der Waals surface area contributed by atoms with E-state index in [1.54, 1.807) is 37.1 Å². The van der Waals surface area contributed by atoms with Crippen molar-refractivity contribution in [1.82, 2.24) is 9.80 Å². The molecule has 3 aromatic carbocycles. The highest BCUT2D eigenvalue weighted by molar-refractivity contribution is 7.92. The van der Waals surface area contributed by atoms with Crippen LogP contribution in [-0.2, 0) is 14.8 Å². The minimum absolute atomic E-state index is 0.116. The van der Waals surface area contributed by atoms with Gasteiger partial charge < -0.3 is 24.4 Å². The van der Waals surface area contributed by atoms with Crippen LogP contribution in [0, 0.1) is 11.7 Å². The number of benzene rings is 3. The van der Waals surface area contributed by atoms with E-state index < -0.39 is 33.9 Å². The van der Waals surface area contributed by atoms with E-state index in [-0.39, 0.29) is 59.5 Å². The van der Waals surface area contributed by atoms with Gasteiger partial charge in [0.25, 0.3) is 21.8 Å². The number of carbonyl (C=O) groups excluding carboxylic acids is 2. The van der Waals surface area contributed by atoms with Gasteiger partial charge in [0, 0.05) is 43.9 Å². The second-order valence-corrected chi connectivity index (χ2v) is 13.8. The van der Waals surface area contributed by atoms with Crippen LogP contribution in [0.25, 0.3) is 0 Å². The minimum atomic E-state index is -4.09. The average molecular weight is 670 g/mol. The van der Waals surface area contributed by atoms with Crippen LogP contribution in [0.3, 0.4) is 0 Å². The quantitative estimate of drug-likeness (QED) is 0.338. The zero-order valence-electron chi connectivity index (χ0n) is 27.3.